The summed E-state index contributed by atoms with van der Waals surface area (Å²) in [5.41, 5.74) is 0.334. The number of carbonyl (C=O) groups is 2. The summed E-state index contributed by atoms with van der Waals surface area (Å²) in [7, 11) is 3.01. The third kappa shape index (κ3) is 5.76. The standard InChI is InChI=1S/C9H17NO3.C8H10O/c1-5-9(6-2,8(12)13-4)10-7(3)11;1-7-5-3-4-6-8(7)9-2/h5-6H2,1-4H3,(H,10,11);3-6H,1-2H3. The first-order valence-corrected chi connectivity index (χ1v) is 7.33. The van der Waals surface area contributed by atoms with Crippen LogP contribution < -0.4 is 10.1 Å². The second-order valence-corrected chi connectivity index (χ2v) is 4.93. The van der Waals surface area contributed by atoms with Crippen LogP contribution in [-0.4, -0.2) is 31.6 Å². The lowest BCUT2D eigenvalue weighted by Gasteiger charge is -2.28. The highest BCUT2D eigenvalue weighted by Gasteiger charge is 2.36. The lowest BCUT2D eigenvalue weighted by atomic mass is 9.93. The quantitative estimate of drug-likeness (QED) is 0.849. The Morgan fingerprint density at radius 3 is 2.00 bits per heavy atom. The highest BCUT2D eigenvalue weighted by molar-refractivity contribution is 5.87. The zero-order valence-corrected chi connectivity index (χ0v) is 14.4. The first-order chi connectivity index (χ1) is 10.4. The topological polar surface area (TPSA) is 64.6 Å². The molecule has 1 aromatic rings. The van der Waals surface area contributed by atoms with Gasteiger partial charge >= 0.3 is 5.97 Å². The number of hydrogen-bond acceptors (Lipinski definition) is 4. The Kier molecular flexibility index (Phi) is 8.91. The lowest BCUT2D eigenvalue weighted by Crippen LogP contribution is -2.53. The molecule has 5 heteroatoms. The summed E-state index contributed by atoms with van der Waals surface area (Å²) in [6.07, 6.45) is 1.07. The number of nitrogens with one attached hydrogen (secondary N) is 1. The summed E-state index contributed by atoms with van der Waals surface area (Å²) >= 11 is 0. The normalized spacial score (nSPS) is 10.1. The van der Waals surface area contributed by atoms with E-state index >= 15 is 0 Å². The average Bonchev–Trinajstić information content (AvgIpc) is 2.52. The van der Waals surface area contributed by atoms with Crippen molar-refractivity contribution in [1.29, 1.82) is 0 Å². The smallest absolute Gasteiger partial charge is 0.331 e. The zero-order chi connectivity index (χ0) is 17.2. The van der Waals surface area contributed by atoms with Gasteiger partial charge in [-0.2, -0.15) is 0 Å². The van der Waals surface area contributed by atoms with Crippen LogP contribution in [-0.2, 0) is 14.3 Å². The van der Waals surface area contributed by atoms with E-state index in [1.165, 1.54) is 19.6 Å². The number of benzene rings is 1. The van der Waals surface area contributed by atoms with Crippen LogP contribution in [0.2, 0.25) is 0 Å². The van der Waals surface area contributed by atoms with Crippen LogP contribution in [0.25, 0.3) is 0 Å². The van der Waals surface area contributed by atoms with Crippen LogP contribution in [0, 0.1) is 6.92 Å². The van der Waals surface area contributed by atoms with Crippen molar-refractivity contribution in [1.82, 2.24) is 5.32 Å². The van der Waals surface area contributed by atoms with E-state index in [2.05, 4.69) is 10.1 Å². The van der Waals surface area contributed by atoms with Crippen molar-refractivity contribution in [2.45, 2.75) is 46.1 Å². The number of carbonyl (C=O) groups excluding carboxylic acids is 2. The number of methoxy groups -OCH3 is 2. The molecule has 1 amide bonds. The van der Waals surface area contributed by atoms with E-state index in [-0.39, 0.29) is 11.9 Å². The molecule has 0 aliphatic rings. The molecule has 1 N–H and O–H groups in total. The molecule has 22 heavy (non-hydrogen) atoms. The number of hydrogen-bond donors (Lipinski definition) is 1. The summed E-state index contributed by atoms with van der Waals surface area (Å²) in [5, 5.41) is 2.63. The van der Waals surface area contributed by atoms with Crippen molar-refractivity contribution < 1.29 is 19.1 Å². The molecule has 5 nitrogen and oxygen atoms in total. The van der Waals surface area contributed by atoms with Crippen LogP contribution in [0.4, 0.5) is 0 Å². The van der Waals surface area contributed by atoms with Crippen molar-refractivity contribution in [2.75, 3.05) is 14.2 Å². The number of rotatable bonds is 5. The average molecular weight is 309 g/mol. The van der Waals surface area contributed by atoms with Crippen molar-refractivity contribution in [3.05, 3.63) is 29.8 Å². The van der Waals surface area contributed by atoms with Crippen molar-refractivity contribution in [3.63, 3.8) is 0 Å². The first-order valence-electron chi connectivity index (χ1n) is 7.33. The van der Waals surface area contributed by atoms with Crippen LogP contribution in [0.5, 0.6) is 5.75 Å². The molecular weight excluding hydrogens is 282 g/mol. The van der Waals surface area contributed by atoms with E-state index in [1.54, 1.807) is 7.11 Å². The molecule has 0 bridgehead atoms. The minimum absolute atomic E-state index is 0.214. The van der Waals surface area contributed by atoms with E-state index in [4.69, 9.17) is 4.74 Å². The maximum atomic E-state index is 11.4. The van der Waals surface area contributed by atoms with E-state index in [0.717, 1.165) is 5.75 Å². The Balaban J connectivity index is 0.000000425. The van der Waals surface area contributed by atoms with Crippen LogP contribution >= 0.6 is 0 Å². The Labute approximate surface area is 133 Å². The van der Waals surface area contributed by atoms with Gasteiger partial charge < -0.3 is 14.8 Å². The molecule has 0 atom stereocenters. The van der Waals surface area contributed by atoms with Crippen LogP contribution in [0.1, 0.15) is 39.2 Å². The molecular formula is C17H27NO4. The minimum Gasteiger partial charge on any atom is -0.496 e. The fourth-order valence-corrected chi connectivity index (χ4v) is 2.08. The molecule has 0 radical (unpaired) electrons. The molecule has 0 aliphatic heterocycles. The lowest BCUT2D eigenvalue weighted by molar-refractivity contribution is -0.151. The third-order valence-electron chi connectivity index (χ3n) is 3.51. The molecule has 0 fully saturated rings. The summed E-state index contributed by atoms with van der Waals surface area (Å²) < 4.78 is 9.69. The number of para-hydroxylation sites is 1. The summed E-state index contributed by atoms with van der Waals surface area (Å²) in [5.74, 6) is 0.360. The van der Waals surface area contributed by atoms with Gasteiger partial charge in [0.2, 0.25) is 5.91 Å². The molecule has 0 saturated heterocycles. The van der Waals surface area contributed by atoms with Gasteiger partial charge in [0.25, 0.3) is 0 Å². The monoisotopic (exact) mass is 309 g/mol. The Bertz CT molecular complexity index is 481. The maximum Gasteiger partial charge on any atom is 0.331 e. The van der Waals surface area contributed by atoms with Gasteiger partial charge in [0.05, 0.1) is 14.2 Å². The second-order valence-electron chi connectivity index (χ2n) is 4.93. The predicted octanol–water partition coefficient (Wildman–Crippen LogP) is 2.86. The predicted molar refractivity (Wildman–Crippen MR) is 86.9 cm³/mol. The maximum absolute atomic E-state index is 11.4. The fourth-order valence-electron chi connectivity index (χ4n) is 2.08. The van der Waals surface area contributed by atoms with Crippen molar-refractivity contribution in [3.8, 4) is 5.75 Å². The molecule has 0 aliphatic carbocycles. The Morgan fingerprint density at radius 1 is 1.14 bits per heavy atom. The molecule has 0 aromatic heterocycles. The van der Waals surface area contributed by atoms with E-state index in [0.29, 0.717) is 12.8 Å². The van der Waals surface area contributed by atoms with Gasteiger partial charge in [0, 0.05) is 6.92 Å². The van der Waals surface area contributed by atoms with Crippen LogP contribution in [0.3, 0.4) is 0 Å². The number of amides is 1. The fraction of sp³-hybridized carbons (Fsp3) is 0.529. The summed E-state index contributed by atoms with van der Waals surface area (Å²) in [6, 6.07) is 7.94. The van der Waals surface area contributed by atoms with Gasteiger partial charge in [0.15, 0.2) is 0 Å². The number of aryl methyl sites for hydroxylation is 1. The summed E-state index contributed by atoms with van der Waals surface area (Å²) in [6.45, 7) is 7.11. The summed E-state index contributed by atoms with van der Waals surface area (Å²) in [4.78, 5) is 22.3. The van der Waals surface area contributed by atoms with Gasteiger partial charge in [-0.05, 0) is 31.4 Å². The van der Waals surface area contributed by atoms with Gasteiger partial charge in [-0.15, -0.1) is 0 Å². The van der Waals surface area contributed by atoms with Crippen molar-refractivity contribution in [2.24, 2.45) is 0 Å². The van der Waals surface area contributed by atoms with Crippen molar-refractivity contribution >= 4 is 11.9 Å². The SMILES string of the molecule is CCC(CC)(NC(C)=O)C(=O)OC.COc1ccccc1C. The number of ether oxygens (including phenoxy) is 2. The van der Waals surface area contributed by atoms with Gasteiger partial charge in [0.1, 0.15) is 11.3 Å². The second kappa shape index (κ2) is 9.82. The molecule has 1 aromatic carbocycles. The molecule has 0 heterocycles. The zero-order valence-electron chi connectivity index (χ0n) is 14.4. The highest BCUT2D eigenvalue weighted by atomic mass is 16.5. The Morgan fingerprint density at radius 2 is 1.68 bits per heavy atom. The number of esters is 1. The third-order valence-corrected chi connectivity index (χ3v) is 3.51. The molecule has 124 valence electrons. The largest absolute Gasteiger partial charge is 0.496 e. The highest BCUT2D eigenvalue weighted by Crippen LogP contribution is 2.16. The Hall–Kier alpha value is -2.04. The van der Waals surface area contributed by atoms with Gasteiger partial charge in [-0.3, -0.25) is 4.79 Å². The van der Waals surface area contributed by atoms with Gasteiger partial charge in [-0.25, -0.2) is 4.79 Å². The first kappa shape index (κ1) is 20.0. The molecule has 1 rings (SSSR count). The van der Waals surface area contributed by atoms with E-state index < -0.39 is 5.54 Å². The van der Waals surface area contributed by atoms with E-state index in [9.17, 15) is 9.59 Å². The van der Waals surface area contributed by atoms with E-state index in [1.807, 2.05) is 45.0 Å². The molecule has 0 unspecified atom stereocenters. The minimum atomic E-state index is -0.847. The van der Waals surface area contributed by atoms with Crippen LogP contribution in [0.15, 0.2) is 24.3 Å². The molecule has 0 saturated carbocycles. The van der Waals surface area contributed by atoms with Gasteiger partial charge in [-0.1, -0.05) is 32.0 Å². The molecule has 0 spiro atoms.